The van der Waals surface area contributed by atoms with Crippen molar-refractivity contribution in [3.8, 4) is 34.4 Å². The lowest BCUT2D eigenvalue weighted by molar-refractivity contribution is -0.841. The summed E-state index contributed by atoms with van der Waals surface area (Å²) in [4.78, 5) is 66.7. The molecule has 11 heterocycles. The van der Waals surface area contributed by atoms with Gasteiger partial charge in [0.15, 0.2) is 6.61 Å². The zero-order chi connectivity index (χ0) is 54.6. The van der Waals surface area contributed by atoms with Crippen molar-refractivity contribution in [2.24, 2.45) is 22.7 Å². The molecule has 1 aromatic carbocycles. The summed E-state index contributed by atoms with van der Waals surface area (Å²) in [6.45, 7) is 19.2. The number of aromatic nitrogens is 3. The number of carbonyl (C=O) groups excluding carboxylic acids is 2. The Bertz CT molecular complexity index is 2960. The molecule has 3 aromatic heterocycles. The van der Waals surface area contributed by atoms with Crippen LogP contribution in [0, 0.1) is 39.4 Å². The van der Waals surface area contributed by atoms with E-state index in [9.17, 15) is 9.70 Å². The fraction of sp³-hybridized carbons (Fsp3) is 0.661. The van der Waals surface area contributed by atoms with Gasteiger partial charge in [-0.3, -0.25) is 29.4 Å². The summed E-state index contributed by atoms with van der Waals surface area (Å²) in [5, 5.41) is 8.69. The van der Waals surface area contributed by atoms with Crippen LogP contribution in [0.5, 0.6) is 0 Å². The monoisotopic (exact) mass is 1100 g/mol. The van der Waals surface area contributed by atoms with Crippen molar-refractivity contribution in [3.63, 3.8) is 0 Å². The number of rotatable bonds is 11. The van der Waals surface area contributed by atoms with Gasteiger partial charge in [-0.1, -0.05) is 38.7 Å². The number of hydrogen-bond acceptors (Lipinski definition) is 16. The van der Waals surface area contributed by atoms with E-state index in [0.29, 0.717) is 83.6 Å². The number of ether oxygens (including phenoxy) is 6. The van der Waals surface area contributed by atoms with Gasteiger partial charge in [-0.05, 0) is 82.6 Å². The summed E-state index contributed by atoms with van der Waals surface area (Å²) in [7, 11) is 1.71. The van der Waals surface area contributed by atoms with Crippen molar-refractivity contribution >= 4 is 34.1 Å². The molecule has 7 atom stereocenters. The Morgan fingerprint density at radius 1 is 1.04 bits per heavy atom. The molecule has 8 fully saturated rings. The van der Waals surface area contributed by atoms with Crippen LogP contribution in [0.15, 0.2) is 35.8 Å². The second-order valence-corrected chi connectivity index (χ2v) is 25.2. The molecule has 79 heavy (non-hydrogen) atoms. The van der Waals surface area contributed by atoms with Crippen LogP contribution < -0.4 is 10.7 Å². The molecule has 7 saturated heterocycles. The lowest BCUT2D eigenvalue weighted by Gasteiger charge is -2.56. The van der Waals surface area contributed by atoms with Crippen molar-refractivity contribution in [1.29, 1.82) is 0 Å². The molecule has 9 aliphatic rings. The number of likely N-dealkylation sites (tertiary alicyclic amines) is 1. The number of hydrazine groups is 1. The maximum absolute atomic E-state index is 15.5. The van der Waals surface area contributed by atoms with Crippen LogP contribution >= 0.6 is 11.3 Å². The third-order valence-corrected chi connectivity index (χ3v) is 19.1. The van der Waals surface area contributed by atoms with Gasteiger partial charge < -0.3 is 38.3 Å². The van der Waals surface area contributed by atoms with Gasteiger partial charge in [0, 0.05) is 128 Å². The quantitative estimate of drug-likeness (QED) is 0.161. The third kappa shape index (κ3) is 11.0. The van der Waals surface area contributed by atoms with Crippen LogP contribution in [0.3, 0.4) is 0 Å². The van der Waals surface area contributed by atoms with Gasteiger partial charge in [0.05, 0.1) is 78.6 Å². The average molecular weight is 1110 g/mol. The number of nitrogens with zero attached hydrogens (tertiary/aromatic N) is 7. The Morgan fingerprint density at radius 3 is 2.53 bits per heavy atom. The van der Waals surface area contributed by atoms with Crippen LogP contribution in [-0.2, 0) is 55.8 Å². The molecule has 8 bridgehead atoms. The molecule has 2 N–H and O–H groups in total. The van der Waals surface area contributed by atoms with Gasteiger partial charge in [0.1, 0.15) is 17.2 Å². The molecule has 1 spiro atoms. The first-order valence-electron chi connectivity index (χ1n) is 28.8. The number of benzene rings is 1. The number of amides is 2. The number of methoxy groups -OCH3 is 1. The zero-order valence-corrected chi connectivity index (χ0v) is 47.5. The lowest BCUT2D eigenvalue weighted by Crippen LogP contribution is -2.73. The Hall–Kier alpha value is -4.92. The largest absolute Gasteiger partial charge is 0.381 e. The molecule has 2 amide bonds. The molecule has 4 aromatic rings. The van der Waals surface area contributed by atoms with E-state index in [1.807, 2.05) is 20.0 Å². The van der Waals surface area contributed by atoms with Crippen molar-refractivity contribution in [1.82, 2.24) is 40.1 Å². The SMILES string of the molecule is CO[C@@H](C)c1ncc(C#C[C@@H](C)N2CCOCC2)cc1-c1c2c3cc(ccc3n1CCOC1CCOCC1)-c1csc(n1)[C@@H](N1CC3(CCOCC3)C1)[C@H](NC(=O)[C@H]1OC[C@@H]1C)C(=O)N1N[C@@H](C3CC1C3)[N+](=O)OCC(C)(C)C2. The zero-order valence-electron chi connectivity index (χ0n) is 46.7. The first-order chi connectivity index (χ1) is 38.2. The third-order valence-electron chi connectivity index (χ3n) is 18.2. The molecule has 20 heteroatoms. The van der Waals surface area contributed by atoms with E-state index >= 15 is 4.79 Å². The van der Waals surface area contributed by atoms with Crippen molar-refractivity contribution < 1.29 is 47.8 Å². The second-order valence-electron chi connectivity index (χ2n) is 24.3. The minimum atomic E-state index is -1.04. The first-order valence-corrected chi connectivity index (χ1v) is 29.7. The van der Waals surface area contributed by atoms with Gasteiger partial charge in [-0.2, -0.15) is 5.43 Å². The van der Waals surface area contributed by atoms with E-state index in [1.54, 1.807) is 12.1 Å². The molecule has 1 aliphatic carbocycles. The lowest BCUT2D eigenvalue weighted by atomic mass is 9.72. The molecule has 0 radical (unpaired) electrons. The second kappa shape index (κ2) is 22.8. The summed E-state index contributed by atoms with van der Waals surface area (Å²) in [5.74, 6) is 6.37. The van der Waals surface area contributed by atoms with Gasteiger partial charge in [0.2, 0.25) is 10.8 Å². The number of morpholine rings is 1. The highest BCUT2D eigenvalue weighted by atomic mass is 32.1. The Balaban J connectivity index is 1.01. The summed E-state index contributed by atoms with van der Waals surface area (Å²) in [6, 6.07) is 6.95. The number of nitrogens with one attached hydrogen (secondary N) is 2. The Labute approximate surface area is 467 Å². The van der Waals surface area contributed by atoms with Crippen LogP contribution in [0.1, 0.15) is 107 Å². The highest BCUT2D eigenvalue weighted by Crippen LogP contribution is 2.48. The van der Waals surface area contributed by atoms with Crippen molar-refractivity contribution in [3.05, 3.63) is 62.6 Å². The van der Waals surface area contributed by atoms with Crippen molar-refractivity contribution in [2.75, 3.05) is 92.8 Å². The van der Waals surface area contributed by atoms with Crippen molar-refractivity contribution in [2.45, 2.75) is 135 Å². The van der Waals surface area contributed by atoms with Gasteiger partial charge in [-0.15, -0.1) is 11.3 Å². The first kappa shape index (κ1) is 54.7. The number of hydrogen-bond donors (Lipinski definition) is 2. The summed E-state index contributed by atoms with van der Waals surface area (Å²) in [5.41, 5.74) is 10.00. The number of carbonyl (C=O) groups is 2. The van der Waals surface area contributed by atoms with E-state index < -0.39 is 29.8 Å². The molecule has 424 valence electrons. The standard InChI is InChI=1S/C59H77N9O10S/c1-36-31-77-53(36)55(69)62-50-52(65-33-59(34-65)13-20-74-21-14-59)56-61-47(32-79-56)40-9-10-48-44(28-40)46(29-58(4,5)35-78-68(71)54-41-26-42(27-41)67(63-54)57(50)70)51(66(48)17-24-76-43-11-18-73-19-12-43)45-25-39(30-60-49(45)38(3)72-6)8-7-37(2)64-15-22-75-23-16-64/h9-10,25,28,30,32,36-38,41-43,50,52-54,63H,11-24,26-27,29,31,33-35H2,1-6H3/p+1/t36-,37+,38-,41?,42?,50-,52-,53-,54+/m0/s1. The fourth-order valence-corrected chi connectivity index (χ4v) is 14.2. The Kier molecular flexibility index (Phi) is 15.8. The predicted octanol–water partition coefficient (Wildman–Crippen LogP) is 6.22. The van der Waals surface area contributed by atoms with E-state index in [1.165, 1.54) is 11.3 Å². The smallest absolute Gasteiger partial charge is 0.329 e. The average Bonchev–Trinajstić information content (AvgIpc) is 4.31. The highest BCUT2D eigenvalue weighted by Gasteiger charge is 2.58. The van der Waals surface area contributed by atoms with E-state index in [0.717, 1.165) is 107 Å². The van der Waals surface area contributed by atoms with Crippen LogP contribution in [-0.4, -0.2) is 175 Å². The summed E-state index contributed by atoms with van der Waals surface area (Å²) >= 11 is 1.51. The van der Waals surface area contributed by atoms with E-state index in [2.05, 4.69) is 87.4 Å². The molecular weight excluding hydrogens is 1030 g/mol. The van der Waals surface area contributed by atoms with Gasteiger partial charge in [0.25, 0.3) is 5.91 Å². The molecule has 13 rings (SSSR count). The van der Waals surface area contributed by atoms with E-state index in [-0.39, 0.29) is 60.0 Å². The number of pyridine rings is 1. The van der Waals surface area contributed by atoms with Gasteiger partial charge >= 0.3 is 6.17 Å². The predicted molar refractivity (Wildman–Crippen MR) is 295 cm³/mol. The highest BCUT2D eigenvalue weighted by molar-refractivity contribution is 7.10. The fourth-order valence-electron chi connectivity index (χ4n) is 13.2. The van der Waals surface area contributed by atoms with E-state index in [4.69, 9.17) is 43.2 Å². The molecule has 1 saturated carbocycles. The van der Waals surface area contributed by atoms with Crippen LogP contribution in [0.25, 0.3) is 33.4 Å². The number of thiazole rings is 1. The maximum Gasteiger partial charge on any atom is 0.329 e. The Morgan fingerprint density at radius 2 is 1.80 bits per heavy atom. The van der Waals surface area contributed by atoms with Crippen LogP contribution in [0.2, 0.25) is 0 Å². The maximum atomic E-state index is 15.5. The molecule has 8 aliphatic heterocycles. The normalized spacial score (nSPS) is 29.0. The molecule has 19 nitrogen and oxygen atoms in total. The van der Waals surface area contributed by atoms with Crippen LogP contribution in [0.4, 0.5) is 0 Å². The van der Waals surface area contributed by atoms with Gasteiger partial charge in [-0.25, -0.2) is 9.82 Å². The number of fused-ring (bicyclic) bond motifs is 4. The summed E-state index contributed by atoms with van der Waals surface area (Å²) < 4.78 is 38.1. The topological polar surface area (TPSA) is 183 Å². The minimum absolute atomic E-state index is 0.00184. The summed E-state index contributed by atoms with van der Waals surface area (Å²) in [6.07, 6.45) is 5.39. The molecule has 0 unspecified atom stereocenters. The minimum Gasteiger partial charge on any atom is -0.381 e. The molecular formula is C59H78N9O10S+.